The van der Waals surface area contributed by atoms with Crippen LogP contribution >= 0.6 is 0 Å². The Morgan fingerprint density at radius 1 is 1.47 bits per heavy atom. The van der Waals surface area contributed by atoms with E-state index in [-0.39, 0.29) is 0 Å². The highest BCUT2D eigenvalue weighted by molar-refractivity contribution is 4.98. The molecule has 1 saturated carbocycles. The molecular formula is C14H24N2O. The normalized spacial score (nSPS) is 24.6. The molecule has 1 N–H and O–H groups in total. The summed E-state index contributed by atoms with van der Waals surface area (Å²) in [4.78, 5) is 2.49. The summed E-state index contributed by atoms with van der Waals surface area (Å²) >= 11 is 0. The van der Waals surface area contributed by atoms with Crippen LogP contribution < -0.4 is 5.32 Å². The molecule has 1 fully saturated rings. The summed E-state index contributed by atoms with van der Waals surface area (Å²) < 4.78 is 5.43. The van der Waals surface area contributed by atoms with Crippen molar-refractivity contribution in [1.82, 2.24) is 10.2 Å². The number of furan rings is 1. The van der Waals surface area contributed by atoms with Gasteiger partial charge in [-0.2, -0.15) is 0 Å². The molecule has 1 aliphatic rings. The molecule has 3 nitrogen and oxygen atoms in total. The number of nitrogens with one attached hydrogen (secondary N) is 1. The lowest BCUT2D eigenvalue weighted by Crippen LogP contribution is -2.37. The smallest absolute Gasteiger partial charge is 0.117 e. The lowest BCUT2D eigenvalue weighted by Gasteiger charge is -2.26. The molecule has 0 saturated heterocycles. The Labute approximate surface area is 104 Å². The SMILES string of the molecule is CCN(Cc1ccco1)CC1CCCC1NC. The lowest BCUT2D eigenvalue weighted by molar-refractivity contribution is 0.204. The van der Waals surface area contributed by atoms with Crippen LogP contribution in [0.25, 0.3) is 0 Å². The maximum Gasteiger partial charge on any atom is 0.117 e. The van der Waals surface area contributed by atoms with Crippen LogP contribution in [-0.2, 0) is 6.54 Å². The molecule has 2 rings (SSSR count). The Morgan fingerprint density at radius 2 is 2.35 bits per heavy atom. The molecule has 0 spiro atoms. The van der Waals surface area contributed by atoms with Gasteiger partial charge in [0.05, 0.1) is 12.8 Å². The van der Waals surface area contributed by atoms with E-state index in [9.17, 15) is 0 Å². The standard InChI is InChI=1S/C14H24N2O/c1-3-16(11-13-7-5-9-17-13)10-12-6-4-8-14(12)15-2/h5,7,9,12,14-15H,3-4,6,8,10-11H2,1-2H3. The fraction of sp³-hybridized carbons (Fsp3) is 0.714. The number of nitrogens with zero attached hydrogens (tertiary/aromatic N) is 1. The van der Waals surface area contributed by atoms with Crippen molar-refractivity contribution in [3.8, 4) is 0 Å². The monoisotopic (exact) mass is 236 g/mol. The van der Waals surface area contributed by atoms with Crippen LogP contribution in [0.5, 0.6) is 0 Å². The van der Waals surface area contributed by atoms with E-state index in [2.05, 4.69) is 30.3 Å². The van der Waals surface area contributed by atoms with Crippen molar-refractivity contribution in [2.75, 3.05) is 20.1 Å². The quantitative estimate of drug-likeness (QED) is 0.822. The van der Waals surface area contributed by atoms with Crippen LogP contribution in [0.3, 0.4) is 0 Å². The zero-order chi connectivity index (χ0) is 12.1. The molecule has 96 valence electrons. The summed E-state index contributed by atoms with van der Waals surface area (Å²) in [5.41, 5.74) is 0. The van der Waals surface area contributed by atoms with Gasteiger partial charge in [0.25, 0.3) is 0 Å². The van der Waals surface area contributed by atoms with Crippen LogP contribution in [0.15, 0.2) is 22.8 Å². The van der Waals surface area contributed by atoms with Crippen molar-refractivity contribution in [1.29, 1.82) is 0 Å². The minimum atomic E-state index is 0.709. The van der Waals surface area contributed by atoms with Crippen LogP contribution in [0, 0.1) is 5.92 Å². The zero-order valence-corrected chi connectivity index (χ0v) is 11.0. The molecule has 0 radical (unpaired) electrons. The van der Waals surface area contributed by atoms with E-state index in [0.717, 1.165) is 24.8 Å². The van der Waals surface area contributed by atoms with E-state index < -0.39 is 0 Å². The Hall–Kier alpha value is -0.800. The molecular weight excluding hydrogens is 212 g/mol. The van der Waals surface area contributed by atoms with Crippen molar-refractivity contribution in [2.24, 2.45) is 5.92 Å². The average molecular weight is 236 g/mol. The molecule has 17 heavy (non-hydrogen) atoms. The molecule has 0 aromatic carbocycles. The first-order valence-corrected chi connectivity index (χ1v) is 6.75. The van der Waals surface area contributed by atoms with Crippen LogP contribution in [0.2, 0.25) is 0 Å². The van der Waals surface area contributed by atoms with Gasteiger partial charge in [0.2, 0.25) is 0 Å². The van der Waals surface area contributed by atoms with Gasteiger partial charge in [-0.1, -0.05) is 13.3 Å². The molecule has 1 aromatic rings. The molecule has 0 bridgehead atoms. The van der Waals surface area contributed by atoms with Crippen molar-refractivity contribution in [3.05, 3.63) is 24.2 Å². The second kappa shape index (κ2) is 6.22. The fourth-order valence-corrected chi connectivity index (χ4v) is 2.90. The zero-order valence-electron chi connectivity index (χ0n) is 11.0. The van der Waals surface area contributed by atoms with E-state index in [1.165, 1.54) is 25.8 Å². The molecule has 3 heteroatoms. The van der Waals surface area contributed by atoms with Gasteiger partial charge in [0.15, 0.2) is 0 Å². The summed E-state index contributed by atoms with van der Waals surface area (Å²) in [6.45, 7) is 5.44. The van der Waals surface area contributed by atoms with Gasteiger partial charge in [-0.15, -0.1) is 0 Å². The molecule has 2 unspecified atom stereocenters. The Kier molecular flexibility index (Phi) is 4.63. The predicted octanol–water partition coefficient (Wildman–Crippen LogP) is 2.49. The largest absolute Gasteiger partial charge is 0.468 e. The van der Waals surface area contributed by atoms with Gasteiger partial charge < -0.3 is 9.73 Å². The average Bonchev–Trinajstić information content (AvgIpc) is 2.99. The molecule has 0 aliphatic heterocycles. The Bertz CT molecular complexity index is 310. The van der Waals surface area contributed by atoms with Crippen molar-refractivity contribution in [2.45, 2.75) is 38.8 Å². The van der Waals surface area contributed by atoms with Gasteiger partial charge >= 0.3 is 0 Å². The van der Waals surface area contributed by atoms with Crippen LogP contribution in [0.4, 0.5) is 0 Å². The first-order valence-electron chi connectivity index (χ1n) is 6.75. The Balaban J connectivity index is 1.86. The highest BCUT2D eigenvalue weighted by atomic mass is 16.3. The molecule has 2 atom stereocenters. The van der Waals surface area contributed by atoms with Crippen LogP contribution in [-0.4, -0.2) is 31.1 Å². The second-order valence-corrected chi connectivity index (χ2v) is 4.99. The third-order valence-electron chi connectivity index (χ3n) is 3.93. The summed E-state index contributed by atoms with van der Waals surface area (Å²) in [7, 11) is 2.09. The molecule has 1 aliphatic carbocycles. The van der Waals surface area contributed by atoms with Gasteiger partial charge in [-0.05, 0) is 44.5 Å². The van der Waals surface area contributed by atoms with Crippen molar-refractivity contribution >= 4 is 0 Å². The van der Waals surface area contributed by atoms with E-state index in [0.29, 0.717) is 6.04 Å². The fourth-order valence-electron chi connectivity index (χ4n) is 2.90. The molecule has 1 heterocycles. The summed E-state index contributed by atoms with van der Waals surface area (Å²) in [5, 5.41) is 3.45. The van der Waals surface area contributed by atoms with Crippen molar-refractivity contribution < 1.29 is 4.42 Å². The first kappa shape index (κ1) is 12.7. The Morgan fingerprint density at radius 3 is 3.00 bits per heavy atom. The first-order chi connectivity index (χ1) is 8.33. The van der Waals surface area contributed by atoms with E-state index in [1.54, 1.807) is 6.26 Å². The molecule has 0 amide bonds. The van der Waals surface area contributed by atoms with E-state index in [4.69, 9.17) is 4.42 Å². The van der Waals surface area contributed by atoms with E-state index in [1.807, 2.05) is 6.07 Å². The lowest BCUT2D eigenvalue weighted by atomic mass is 10.0. The van der Waals surface area contributed by atoms with Gasteiger partial charge in [-0.3, -0.25) is 4.90 Å². The highest BCUT2D eigenvalue weighted by Gasteiger charge is 2.27. The molecule has 1 aromatic heterocycles. The number of hydrogen-bond acceptors (Lipinski definition) is 3. The third kappa shape index (κ3) is 3.33. The maximum atomic E-state index is 5.43. The van der Waals surface area contributed by atoms with E-state index >= 15 is 0 Å². The highest BCUT2D eigenvalue weighted by Crippen LogP contribution is 2.26. The van der Waals surface area contributed by atoms with Gasteiger partial charge in [0.1, 0.15) is 5.76 Å². The van der Waals surface area contributed by atoms with Gasteiger partial charge in [-0.25, -0.2) is 0 Å². The summed E-state index contributed by atoms with van der Waals surface area (Å²) in [6.07, 6.45) is 5.82. The summed E-state index contributed by atoms with van der Waals surface area (Å²) in [6, 6.07) is 4.74. The minimum absolute atomic E-state index is 0.709. The number of hydrogen-bond donors (Lipinski definition) is 1. The van der Waals surface area contributed by atoms with Crippen LogP contribution in [0.1, 0.15) is 31.9 Å². The number of rotatable bonds is 6. The minimum Gasteiger partial charge on any atom is -0.468 e. The van der Waals surface area contributed by atoms with Crippen molar-refractivity contribution in [3.63, 3.8) is 0 Å². The third-order valence-corrected chi connectivity index (χ3v) is 3.93. The topological polar surface area (TPSA) is 28.4 Å². The summed E-state index contributed by atoms with van der Waals surface area (Å²) in [5.74, 6) is 1.88. The predicted molar refractivity (Wildman–Crippen MR) is 69.8 cm³/mol. The second-order valence-electron chi connectivity index (χ2n) is 4.99. The maximum absolute atomic E-state index is 5.43. The van der Waals surface area contributed by atoms with Gasteiger partial charge in [0, 0.05) is 12.6 Å².